The van der Waals surface area contributed by atoms with Crippen molar-refractivity contribution < 1.29 is 9.90 Å². The zero-order valence-corrected chi connectivity index (χ0v) is 13.2. The minimum absolute atomic E-state index is 0.0547. The van der Waals surface area contributed by atoms with Crippen LogP contribution in [0.25, 0.3) is 0 Å². The zero-order valence-electron chi connectivity index (χ0n) is 11.0. The quantitative estimate of drug-likeness (QED) is 0.797. The molecule has 0 saturated carbocycles. The van der Waals surface area contributed by atoms with E-state index in [1.807, 2.05) is 0 Å². The summed E-state index contributed by atoms with van der Waals surface area (Å²) < 4.78 is 0.950. The van der Waals surface area contributed by atoms with Gasteiger partial charge in [-0.1, -0.05) is 0 Å². The highest BCUT2D eigenvalue weighted by Gasteiger charge is 2.20. The van der Waals surface area contributed by atoms with E-state index < -0.39 is 0 Å². The minimum Gasteiger partial charge on any atom is -0.507 e. The van der Waals surface area contributed by atoms with Crippen LogP contribution in [0.3, 0.4) is 0 Å². The predicted octanol–water partition coefficient (Wildman–Crippen LogP) is 2.07. The highest BCUT2D eigenvalue weighted by atomic mass is 127. The van der Waals surface area contributed by atoms with Crippen LogP contribution in [0.5, 0.6) is 5.75 Å². The number of phenols is 1. The Morgan fingerprint density at radius 3 is 3.05 bits per heavy atom. The van der Waals surface area contributed by atoms with Crippen LogP contribution in [0.2, 0.25) is 0 Å². The Hall–Kier alpha value is -0.820. The summed E-state index contributed by atoms with van der Waals surface area (Å²) in [5, 5.41) is 13.1. The van der Waals surface area contributed by atoms with Gasteiger partial charge in [-0.25, -0.2) is 0 Å². The summed E-state index contributed by atoms with van der Waals surface area (Å²) in [6, 6.07) is 5.09. The standard InChI is InChI=1S/C14H19IN2O2/c1-17(9-10-3-2-6-16-8-10)14(19)12-7-11(15)4-5-13(12)18/h4-5,7,10,16,18H,2-3,6,8-9H2,1H3. The highest BCUT2D eigenvalue weighted by molar-refractivity contribution is 14.1. The number of piperidine rings is 1. The number of amides is 1. The first-order valence-corrected chi connectivity index (χ1v) is 7.60. The molecule has 0 spiro atoms. The molecule has 1 atom stereocenters. The fourth-order valence-electron chi connectivity index (χ4n) is 2.44. The number of nitrogens with zero attached hydrogens (tertiary/aromatic N) is 1. The lowest BCUT2D eigenvalue weighted by Crippen LogP contribution is -2.39. The fraction of sp³-hybridized carbons (Fsp3) is 0.500. The van der Waals surface area contributed by atoms with Crippen LogP contribution in [0.1, 0.15) is 23.2 Å². The molecule has 4 nitrogen and oxygen atoms in total. The van der Waals surface area contributed by atoms with Crippen molar-refractivity contribution in [1.29, 1.82) is 0 Å². The molecule has 2 N–H and O–H groups in total. The van der Waals surface area contributed by atoms with E-state index in [2.05, 4.69) is 27.9 Å². The molecule has 104 valence electrons. The SMILES string of the molecule is CN(CC1CCCNC1)C(=O)c1cc(I)ccc1O. The number of phenolic OH excluding ortho intramolecular Hbond substituents is 1. The average Bonchev–Trinajstić information content (AvgIpc) is 2.42. The number of nitrogens with one attached hydrogen (secondary N) is 1. The minimum atomic E-state index is -0.110. The van der Waals surface area contributed by atoms with Gasteiger partial charge in [0.2, 0.25) is 0 Å². The van der Waals surface area contributed by atoms with Crippen LogP contribution in [0, 0.1) is 9.49 Å². The maximum atomic E-state index is 12.3. The second-order valence-corrected chi connectivity index (χ2v) is 6.31. The summed E-state index contributed by atoms with van der Waals surface area (Å²) in [4.78, 5) is 14.0. The van der Waals surface area contributed by atoms with Crippen molar-refractivity contribution in [3.8, 4) is 5.75 Å². The molecular formula is C14H19IN2O2. The van der Waals surface area contributed by atoms with Gasteiger partial charge in [0.15, 0.2) is 0 Å². The van der Waals surface area contributed by atoms with Crippen LogP contribution in [0.15, 0.2) is 18.2 Å². The van der Waals surface area contributed by atoms with E-state index >= 15 is 0 Å². The third-order valence-electron chi connectivity index (χ3n) is 3.47. The number of hydrogen-bond donors (Lipinski definition) is 2. The molecule has 1 unspecified atom stereocenters. The van der Waals surface area contributed by atoms with E-state index in [1.165, 1.54) is 6.42 Å². The third-order valence-corrected chi connectivity index (χ3v) is 4.14. The fourth-order valence-corrected chi connectivity index (χ4v) is 2.93. The number of hydrogen-bond acceptors (Lipinski definition) is 3. The number of halogens is 1. The smallest absolute Gasteiger partial charge is 0.257 e. The monoisotopic (exact) mass is 374 g/mol. The molecule has 19 heavy (non-hydrogen) atoms. The normalized spacial score (nSPS) is 19.2. The molecule has 1 aromatic rings. The summed E-state index contributed by atoms with van der Waals surface area (Å²) in [6.45, 7) is 2.78. The Kier molecular flexibility index (Phi) is 5.04. The van der Waals surface area contributed by atoms with Crippen molar-refractivity contribution in [2.24, 2.45) is 5.92 Å². The van der Waals surface area contributed by atoms with E-state index in [-0.39, 0.29) is 11.7 Å². The third kappa shape index (κ3) is 3.82. The van der Waals surface area contributed by atoms with Crippen molar-refractivity contribution >= 4 is 28.5 Å². The largest absolute Gasteiger partial charge is 0.507 e. The molecule has 5 heteroatoms. The van der Waals surface area contributed by atoms with Gasteiger partial charge in [-0.3, -0.25) is 4.79 Å². The maximum absolute atomic E-state index is 12.3. The Bertz CT molecular complexity index is 459. The van der Waals surface area contributed by atoms with E-state index in [1.54, 1.807) is 30.1 Å². The number of carbonyl (C=O) groups excluding carboxylic acids is 1. The van der Waals surface area contributed by atoms with Crippen LogP contribution in [-0.4, -0.2) is 42.6 Å². The summed E-state index contributed by atoms with van der Waals surface area (Å²) in [7, 11) is 1.80. The van der Waals surface area contributed by atoms with Crippen molar-refractivity contribution in [1.82, 2.24) is 10.2 Å². The van der Waals surface area contributed by atoms with Gasteiger partial charge in [0.1, 0.15) is 5.75 Å². The lowest BCUT2D eigenvalue weighted by atomic mass is 9.99. The molecule has 0 aliphatic carbocycles. The maximum Gasteiger partial charge on any atom is 0.257 e. The van der Waals surface area contributed by atoms with E-state index in [0.717, 1.165) is 29.6 Å². The number of aromatic hydroxyl groups is 1. The molecular weight excluding hydrogens is 355 g/mol. The van der Waals surface area contributed by atoms with Gasteiger partial charge in [0, 0.05) is 17.2 Å². The van der Waals surface area contributed by atoms with Crippen LogP contribution in [0.4, 0.5) is 0 Å². The summed E-state index contributed by atoms with van der Waals surface area (Å²) >= 11 is 2.14. The molecule has 0 aromatic heterocycles. The van der Waals surface area contributed by atoms with E-state index in [0.29, 0.717) is 11.5 Å². The summed E-state index contributed by atoms with van der Waals surface area (Å²) in [5.41, 5.74) is 0.387. The number of carbonyl (C=O) groups is 1. The van der Waals surface area contributed by atoms with Gasteiger partial charge in [-0.2, -0.15) is 0 Å². The molecule has 1 amide bonds. The van der Waals surface area contributed by atoms with Crippen LogP contribution in [-0.2, 0) is 0 Å². The second kappa shape index (κ2) is 6.56. The van der Waals surface area contributed by atoms with Crippen molar-refractivity contribution in [3.05, 3.63) is 27.3 Å². The molecule has 0 bridgehead atoms. The topological polar surface area (TPSA) is 52.6 Å². The molecule has 1 fully saturated rings. The van der Waals surface area contributed by atoms with Crippen LogP contribution >= 0.6 is 22.6 Å². The summed E-state index contributed by atoms with van der Waals surface area (Å²) in [6.07, 6.45) is 2.32. The van der Waals surface area contributed by atoms with E-state index in [9.17, 15) is 9.90 Å². The Balaban J connectivity index is 2.03. The highest BCUT2D eigenvalue weighted by Crippen LogP contribution is 2.22. The van der Waals surface area contributed by atoms with Crippen LogP contribution < -0.4 is 5.32 Å². The summed E-state index contributed by atoms with van der Waals surface area (Å²) in [5.74, 6) is 0.452. The molecule has 1 aliphatic rings. The van der Waals surface area contributed by atoms with Crippen molar-refractivity contribution in [2.75, 3.05) is 26.7 Å². The van der Waals surface area contributed by atoms with Crippen molar-refractivity contribution in [3.63, 3.8) is 0 Å². The lowest BCUT2D eigenvalue weighted by Gasteiger charge is -2.27. The number of benzene rings is 1. The van der Waals surface area contributed by atoms with E-state index in [4.69, 9.17) is 0 Å². The lowest BCUT2D eigenvalue weighted by molar-refractivity contribution is 0.0761. The number of rotatable bonds is 3. The molecule has 0 radical (unpaired) electrons. The molecule has 1 saturated heterocycles. The van der Waals surface area contributed by atoms with Gasteiger partial charge in [0.25, 0.3) is 5.91 Å². The van der Waals surface area contributed by atoms with Crippen molar-refractivity contribution in [2.45, 2.75) is 12.8 Å². The average molecular weight is 374 g/mol. The van der Waals surface area contributed by atoms with Gasteiger partial charge in [-0.05, 0) is 72.6 Å². The first kappa shape index (κ1) is 14.6. The van der Waals surface area contributed by atoms with Gasteiger partial charge < -0.3 is 15.3 Å². The molecule has 2 rings (SSSR count). The predicted molar refractivity (Wildman–Crippen MR) is 83.4 cm³/mol. The van der Waals surface area contributed by atoms with Gasteiger partial charge >= 0.3 is 0 Å². The molecule has 1 aromatic carbocycles. The van der Waals surface area contributed by atoms with Gasteiger partial charge in [-0.15, -0.1) is 0 Å². The zero-order chi connectivity index (χ0) is 13.8. The molecule has 1 aliphatic heterocycles. The first-order chi connectivity index (χ1) is 9.08. The molecule has 1 heterocycles. The first-order valence-electron chi connectivity index (χ1n) is 6.52. The Morgan fingerprint density at radius 2 is 2.37 bits per heavy atom. The van der Waals surface area contributed by atoms with Gasteiger partial charge in [0.05, 0.1) is 5.56 Å². The Morgan fingerprint density at radius 1 is 1.58 bits per heavy atom. The Labute approximate surface area is 127 Å². The second-order valence-electron chi connectivity index (χ2n) is 5.06.